The molecule has 6 nitrogen and oxygen atoms in total. The zero-order chi connectivity index (χ0) is 43.2. The predicted molar refractivity (Wildman–Crippen MR) is 256 cm³/mol. The second-order valence-corrected chi connectivity index (χ2v) is 18.2. The molecule has 0 aromatic carbocycles. The van der Waals surface area contributed by atoms with Gasteiger partial charge in [-0.15, -0.1) is 0 Å². The van der Waals surface area contributed by atoms with Gasteiger partial charge in [0.2, 0.25) is 0 Å². The van der Waals surface area contributed by atoms with Crippen LogP contribution in [-0.2, 0) is 9.59 Å². The Labute approximate surface area is 400 Å². The van der Waals surface area contributed by atoms with Crippen LogP contribution in [0, 0.1) is 0 Å². The minimum absolute atomic E-state index is 0. The molecule has 0 amide bonds. The van der Waals surface area contributed by atoms with Crippen molar-refractivity contribution >= 4 is 49.7 Å². The number of aliphatic carboxylic acids is 2. The van der Waals surface area contributed by atoms with E-state index in [0.29, 0.717) is 0 Å². The van der Waals surface area contributed by atoms with Crippen molar-refractivity contribution in [2.75, 3.05) is 26.2 Å². The van der Waals surface area contributed by atoms with Crippen molar-refractivity contribution in [3.05, 3.63) is 0 Å². The summed E-state index contributed by atoms with van der Waals surface area (Å²) >= 11 is 0. The normalized spacial score (nSPS) is 12.3. The molecule has 59 heavy (non-hydrogen) atoms. The van der Waals surface area contributed by atoms with Crippen LogP contribution in [0.5, 0.6) is 0 Å². The Balaban J connectivity index is -0.00000105. The first-order chi connectivity index (χ1) is 28.2. The number of carbonyl (C=O) groups excluding carboxylic acids is 2. The van der Waals surface area contributed by atoms with Crippen molar-refractivity contribution in [2.45, 2.75) is 298 Å². The molecule has 0 aliphatic carbocycles. The number of nitrogens with zero attached hydrogens (tertiary/aromatic N) is 2. The van der Waals surface area contributed by atoms with Crippen molar-refractivity contribution in [3.63, 3.8) is 0 Å². The summed E-state index contributed by atoms with van der Waals surface area (Å²) in [7, 11) is 0. The summed E-state index contributed by atoms with van der Waals surface area (Å²) in [5, 5.41) is 22.0. The molecule has 0 heterocycles. The maximum atomic E-state index is 11.0. The molecule has 0 aliphatic rings. The van der Waals surface area contributed by atoms with Crippen molar-refractivity contribution in [3.8, 4) is 0 Å². The van der Waals surface area contributed by atoms with Gasteiger partial charge in [-0.25, -0.2) is 0 Å². The number of carbonyl (C=O) groups is 2. The number of carboxylic acid groups (broad SMARTS) is 2. The van der Waals surface area contributed by atoms with Crippen LogP contribution in [0.15, 0.2) is 0 Å². The Hall–Kier alpha value is 0.120. The monoisotopic (exact) mass is 861 g/mol. The molecule has 0 bridgehead atoms. The van der Waals surface area contributed by atoms with E-state index >= 15 is 0 Å². The second kappa shape index (κ2) is 52.5. The van der Waals surface area contributed by atoms with E-state index < -0.39 is 11.9 Å². The first-order valence-electron chi connectivity index (χ1n) is 26.1. The molecule has 0 aliphatic heterocycles. The van der Waals surface area contributed by atoms with E-state index in [0.717, 1.165) is 26.2 Å². The third-order valence-electron chi connectivity index (χ3n) is 12.4. The summed E-state index contributed by atoms with van der Waals surface area (Å²) in [4.78, 5) is 26.8. The van der Waals surface area contributed by atoms with Gasteiger partial charge in [0.1, 0.15) is 0 Å². The third-order valence-corrected chi connectivity index (χ3v) is 12.4. The number of carboxylic acids is 2. The van der Waals surface area contributed by atoms with E-state index in [-0.39, 0.29) is 62.7 Å². The fraction of sp³-hybridized carbons (Fsp3) is 0.962. The molecule has 0 radical (unpaired) electrons. The fourth-order valence-electron chi connectivity index (χ4n) is 8.35. The molecule has 0 aromatic heterocycles. The van der Waals surface area contributed by atoms with Crippen molar-refractivity contribution in [1.82, 2.24) is 9.80 Å². The molecule has 0 saturated carbocycles. The van der Waals surface area contributed by atoms with Gasteiger partial charge in [-0.2, -0.15) is 0 Å². The molecule has 2 unspecified atom stereocenters. The van der Waals surface area contributed by atoms with Gasteiger partial charge in [0.05, 0.1) is 0 Å². The summed E-state index contributed by atoms with van der Waals surface area (Å²) in [6.07, 6.45) is 48.4. The molecular formula is C52H104CaN2O4. The first kappa shape index (κ1) is 63.4. The van der Waals surface area contributed by atoms with E-state index in [9.17, 15) is 19.8 Å². The summed E-state index contributed by atoms with van der Waals surface area (Å²) < 4.78 is 0. The van der Waals surface area contributed by atoms with E-state index in [1.165, 1.54) is 231 Å². The largest absolute Gasteiger partial charge is 2.00 e. The van der Waals surface area contributed by atoms with Crippen LogP contribution < -0.4 is 10.2 Å². The number of unbranched alkanes of at least 4 members (excludes halogenated alkanes) is 32. The minimum atomic E-state index is -0.915. The molecule has 0 fully saturated rings. The molecule has 348 valence electrons. The molecular weight excluding hydrogens is 757 g/mol. The predicted octanol–water partition coefficient (Wildman–Crippen LogP) is 13.4. The molecule has 0 rings (SSSR count). The van der Waals surface area contributed by atoms with Gasteiger partial charge in [0.15, 0.2) is 0 Å². The average molecular weight is 861 g/mol. The summed E-state index contributed by atoms with van der Waals surface area (Å²) in [5.74, 6) is -1.83. The quantitative estimate of drug-likeness (QED) is 0.0448. The Morgan fingerprint density at radius 3 is 0.627 bits per heavy atom. The SMILES string of the molecule is CCCCCCCCCCCN(CCCCCCCCCCC)C(C)CC(=O)[O-].CCCCCCCCCCCN(CCCCCCCCCCC)C(C)CC(=O)[O-].[Ca+2]. The van der Waals surface area contributed by atoms with Gasteiger partial charge in [0, 0.05) is 36.9 Å². The maximum absolute atomic E-state index is 11.0. The summed E-state index contributed by atoms with van der Waals surface area (Å²) in [6.45, 7) is 17.3. The number of rotatable bonds is 46. The van der Waals surface area contributed by atoms with Crippen molar-refractivity contribution < 1.29 is 19.8 Å². The summed E-state index contributed by atoms with van der Waals surface area (Å²) in [6, 6.07) is 0.200. The van der Waals surface area contributed by atoms with E-state index in [2.05, 4.69) is 51.3 Å². The van der Waals surface area contributed by atoms with Crippen LogP contribution in [0.3, 0.4) is 0 Å². The molecule has 2 atom stereocenters. The smallest absolute Gasteiger partial charge is 0.550 e. The van der Waals surface area contributed by atoms with Crippen molar-refractivity contribution in [2.24, 2.45) is 0 Å². The number of hydrogen-bond acceptors (Lipinski definition) is 6. The van der Waals surface area contributed by atoms with E-state index in [1.807, 2.05) is 0 Å². The van der Waals surface area contributed by atoms with Crippen LogP contribution in [-0.4, -0.2) is 97.7 Å². The molecule has 0 spiro atoms. The summed E-state index contributed by atoms with van der Waals surface area (Å²) in [5.41, 5.74) is 0. The molecule has 7 heteroatoms. The van der Waals surface area contributed by atoms with Crippen molar-refractivity contribution in [1.29, 1.82) is 0 Å². The minimum Gasteiger partial charge on any atom is -0.550 e. The Kier molecular flexibility index (Phi) is 56.4. The first-order valence-corrected chi connectivity index (χ1v) is 26.1. The Morgan fingerprint density at radius 1 is 0.322 bits per heavy atom. The van der Waals surface area contributed by atoms with E-state index in [1.54, 1.807) is 0 Å². The van der Waals surface area contributed by atoms with Gasteiger partial charge in [0.25, 0.3) is 0 Å². The van der Waals surface area contributed by atoms with Gasteiger partial charge >= 0.3 is 37.7 Å². The zero-order valence-corrected chi connectivity index (χ0v) is 43.3. The molecule has 0 N–H and O–H groups in total. The maximum Gasteiger partial charge on any atom is 2.00 e. The topological polar surface area (TPSA) is 86.7 Å². The average Bonchev–Trinajstić information content (AvgIpc) is 3.19. The molecule has 0 aromatic rings. The van der Waals surface area contributed by atoms with Crippen LogP contribution in [0.25, 0.3) is 0 Å². The van der Waals surface area contributed by atoms with Crippen LogP contribution in [0.2, 0.25) is 0 Å². The van der Waals surface area contributed by atoms with Gasteiger partial charge in [-0.3, -0.25) is 0 Å². The van der Waals surface area contributed by atoms with E-state index in [4.69, 9.17) is 0 Å². The van der Waals surface area contributed by atoms with Gasteiger partial charge < -0.3 is 29.6 Å². The number of hydrogen-bond donors (Lipinski definition) is 0. The van der Waals surface area contributed by atoms with Crippen LogP contribution in [0.4, 0.5) is 0 Å². The third kappa shape index (κ3) is 50.6. The van der Waals surface area contributed by atoms with Gasteiger partial charge in [-0.05, 0) is 65.7 Å². The zero-order valence-electron chi connectivity index (χ0n) is 41.1. The standard InChI is InChI=1S/2C26H53NO2.Ca/c2*1-4-6-8-10-12-14-16-18-20-22-27(25(3)24-26(28)29)23-21-19-17-15-13-11-9-7-5-2;/h2*25H,4-24H2,1-3H3,(H,28,29);/q;;+2/p-2. The Morgan fingerprint density at radius 2 is 0.475 bits per heavy atom. The second-order valence-electron chi connectivity index (χ2n) is 18.2. The van der Waals surface area contributed by atoms with Crippen LogP contribution in [0.1, 0.15) is 286 Å². The Bertz CT molecular complexity index is 721. The van der Waals surface area contributed by atoms with Crippen LogP contribution >= 0.6 is 0 Å². The fourth-order valence-corrected chi connectivity index (χ4v) is 8.35. The molecule has 0 saturated heterocycles. The van der Waals surface area contributed by atoms with Gasteiger partial charge in [-0.1, -0.05) is 233 Å².